The molecule has 206 valence electrons. The van der Waals surface area contributed by atoms with Crippen LogP contribution in [0.15, 0.2) is 42.6 Å². The summed E-state index contributed by atoms with van der Waals surface area (Å²) in [5.74, 6) is -5.30. The fourth-order valence-corrected chi connectivity index (χ4v) is 5.74. The van der Waals surface area contributed by atoms with E-state index < -0.39 is 50.8 Å². The minimum absolute atomic E-state index is 0.0636. The number of hydrogen-bond acceptors (Lipinski definition) is 7. The largest absolute Gasteiger partial charge is 0.503 e. The van der Waals surface area contributed by atoms with E-state index in [1.807, 2.05) is 18.2 Å². The van der Waals surface area contributed by atoms with Crippen molar-refractivity contribution in [1.82, 2.24) is 24.1 Å². The van der Waals surface area contributed by atoms with E-state index >= 15 is 0 Å². The standard InChI is InChI=1S/C24H21F5N6O3S/c1-33-22-15(20(32-33)14-10-16(24(27,28)29)19(26)21(36)18(14)25)11-30-23(31-22)34-8-9-35(39(2,37)38)17(12-34)13-6-4-3-5-7-13/h3-7,10-11,17,36H,8-9,12H2,1-2H3. The van der Waals surface area contributed by atoms with Crippen molar-refractivity contribution in [3.63, 3.8) is 0 Å². The van der Waals surface area contributed by atoms with Crippen LogP contribution in [0.1, 0.15) is 17.2 Å². The van der Waals surface area contributed by atoms with Crippen molar-refractivity contribution < 1.29 is 35.5 Å². The lowest BCUT2D eigenvalue weighted by Crippen LogP contribution is -2.50. The molecule has 5 rings (SSSR count). The van der Waals surface area contributed by atoms with E-state index in [1.54, 1.807) is 17.0 Å². The lowest BCUT2D eigenvalue weighted by molar-refractivity contribution is -0.140. The van der Waals surface area contributed by atoms with Crippen molar-refractivity contribution >= 4 is 27.0 Å². The highest BCUT2D eigenvalue weighted by Crippen LogP contribution is 2.41. The van der Waals surface area contributed by atoms with Gasteiger partial charge >= 0.3 is 6.18 Å². The van der Waals surface area contributed by atoms with Crippen molar-refractivity contribution in [2.45, 2.75) is 12.2 Å². The maximum Gasteiger partial charge on any atom is 0.419 e. The molecule has 0 radical (unpaired) electrons. The van der Waals surface area contributed by atoms with Gasteiger partial charge in [0, 0.05) is 38.4 Å². The summed E-state index contributed by atoms with van der Waals surface area (Å²) in [7, 11) is -2.10. The van der Waals surface area contributed by atoms with Gasteiger partial charge in [-0.15, -0.1) is 0 Å². The van der Waals surface area contributed by atoms with E-state index in [2.05, 4.69) is 15.1 Å². The third kappa shape index (κ3) is 4.76. The maximum atomic E-state index is 14.8. The van der Waals surface area contributed by atoms with Crippen LogP contribution in [-0.2, 0) is 23.2 Å². The Morgan fingerprint density at radius 3 is 2.41 bits per heavy atom. The predicted molar refractivity (Wildman–Crippen MR) is 131 cm³/mol. The van der Waals surface area contributed by atoms with Crippen LogP contribution >= 0.6 is 0 Å². The molecule has 39 heavy (non-hydrogen) atoms. The van der Waals surface area contributed by atoms with Crippen LogP contribution in [-0.4, -0.2) is 63.5 Å². The second kappa shape index (κ2) is 9.41. The molecule has 1 fully saturated rings. The van der Waals surface area contributed by atoms with E-state index in [0.717, 1.165) is 11.8 Å². The lowest BCUT2D eigenvalue weighted by Gasteiger charge is -2.40. The number of benzene rings is 2. The van der Waals surface area contributed by atoms with E-state index in [4.69, 9.17) is 0 Å². The molecule has 0 bridgehead atoms. The van der Waals surface area contributed by atoms with Crippen LogP contribution in [0.25, 0.3) is 22.3 Å². The topological polar surface area (TPSA) is 104 Å². The monoisotopic (exact) mass is 568 g/mol. The highest BCUT2D eigenvalue weighted by atomic mass is 32.2. The minimum Gasteiger partial charge on any atom is -0.503 e. The Kier molecular flexibility index (Phi) is 6.45. The number of hydrogen-bond donors (Lipinski definition) is 1. The average Bonchev–Trinajstić information content (AvgIpc) is 3.21. The minimum atomic E-state index is -5.19. The number of piperazine rings is 1. The molecular formula is C24H21F5N6O3S. The second-order valence-electron chi connectivity index (χ2n) is 9.07. The number of halogens is 5. The number of phenolic OH excluding ortho intramolecular Hbond substituents is 1. The molecule has 3 heterocycles. The first-order chi connectivity index (χ1) is 18.3. The quantitative estimate of drug-likeness (QED) is 0.373. The number of aryl methyl sites for hydroxylation is 1. The van der Waals surface area contributed by atoms with E-state index in [1.165, 1.54) is 22.2 Å². The van der Waals surface area contributed by atoms with Gasteiger partial charge in [0.15, 0.2) is 23.0 Å². The molecule has 2 aromatic heterocycles. The van der Waals surface area contributed by atoms with Crippen LogP contribution in [0.3, 0.4) is 0 Å². The Hall–Kier alpha value is -3.85. The van der Waals surface area contributed by atoms with Crippen molar-refractivity contribution in [2.24, 2.45) is 7.05 Å². The predicted octanol–water partition coefficient (Wildman–Crippen LogP) is 3.86. The molecule has 0 saturated carbocycles. The molecule has 9 nitrogen and oxygen atoms in total. The van der Waals surface area contributed by atoms with E-state index in [-0.39, 0.29) is 48.4 Å². The molecule has 1 atom stereocenters. The molecule has 1 N–H and O–H groups in total. The summed E-state index contributed by atoms with van der Waals surface area (Å²) in [6.07, 6.45) is -2.82. The molecule has 4 aromatic rings. The zero-order chi connectivity index (χ0) is 28.3. The molecule has 0 spiro atoms. The number of phenols is 1. The first-order valence-electron chi connectivity index (χ1n) is 11.5. The van der Waals surface area contributed by atoms with Gasteiger partial charge < -0.3 is 10.0 Å². The second-order valence-corrected chi connectivity index (χ2v) is 11.0. The Morgan fingerprint density at radius 2 is 1.77 bits per heavy atom. The fourth-order valence-electron chi connectivity index (χ4n) is 4.67. The number of alkyl halides is 3. The zero-order valence-electron chi connectivity index (χ0n) is 20.5. The van der Waals surface area contributed by atoms with Crippen molar-refractivity contribution in [2.75, 3.05) is 30.8 Å². The highest BCUT2D eigenvalue weighted by molar-refractivity contribution is 7.88. The summed E-state index contributed by atoms with van der Waals surface area (Å²) >= 11 is 0. The maximum absolute atomic E-state index is 14.8. The fraction of sp³-hybridized carbons (Fsp3) is 0.292. The van der Waals surface area contributed by atoms with Crippen LogP contribution < -0.4 is 4.90 Å². The number of nitrogens with zero attached hydrogens (tertiary/aromatic N) is 6. The lowest BCUT2D eigenvalue weighted by atomic mass is 10.0. The first-order valence-corrected chi connectivity index (χ1v) is 13.4. The van der Waals surface area contributed by atoms with Gasteiger partial charge in [-0.2, -0.15) is 27.6 Å². The third-order valence-corrected chi connectivity index (χ3v) is 7.82. The molecule has 0 amide bonds. The van der Waals surface area contributed by atoms with Crippen molar-refractivity contribution in [1.29, 1.82) is 0 Å². The van der Waals surface area contributed by atoms with Gasteiger partial charge in [0.1, 0.15) is 5.69 Å². The van der Waals surface area contributed by atoms with Crippen LogP contribution in [0.4, 0.5) is 27.9 Å². The number of rotatable bonds is 4. The molecule has 15 heteroatoms. The van der Waals surface area contributed by atoms with Crippen LogP contribution in [0, 0.1) is 11.6 Å². The normalized spacial score (nSPS) is 17.2. The molecule has 1 aliphatic rings. The smallest absolute Gasteiger partial charge is 0.419 e. The first kappa shape index (κ1) is 26.7. The number of aromatic hydroxyl groups is 1. The Labute approximate surface area is 219 Å². The van der Waals surface area contributed by atoms with Crippen molar-refractivity contribution in [3.8, 4) is 17.0 Å². The number of aromatic nitrogens is 4. The molecule has 1 unspecified atom stereocenters. The Balaban J connectivity index is 1.56. The molecular weight excluding hydrogens is 547 g/mol. The van der Waals surface area contributed by atoms with Gasteiger partial charge in [-0.05, 0) is 11.6 Å². The van der Waals surface area contributed by atoms with Gasteiger partial charge in [0.2, 0.25) is 16.0 Å². The summed E-state index contributed by atoms with van der Waals surface area (Å²) < 4.78 is 96.2. The van der Waals surface area contributed by atoms with Gasteiger partial charge in [-0.25, -0.2) is 26.9 Å². The third-order valence-electron chi connectivity index (χ3n) is 6.53. The summed E-state index contributed by atoms with van der Waals surface area (Å²) in [6, 6.07) is 8.74. The summed E-state index contributed by atoms with van der Waals surface area (Å²) in [5.41, 5.74) is -2.03. The van der Waals surface area contributed by atoms with Crippen molar-refractivity contribution in [3.05, 3.63) is 65.4 Å². The molecule has 2 aromatic carbocycles. The summed E-state index contributed by atoms with van der Waals surface area (Å²) in [4.78, 5) is 10.5. The van der Waals surface area contributed by atoms with E-state index in [9.17, 15) is 35.5 Å². The Bertz CT molecular complexity index is 1680. The van der Waals surface area contributed by atoms with Gasteiger partial charge in [0.05, 0.1) is 23.2 Å². The van der Waals surface area contributed by atoms with Gasteiger partial charge in [0.25, 0.3) is 0 Å². The van der Waals surface area contributed by atoms with E-state index in [0.29, 0.717) is 0 Å². The molecule has 1 aliphatic heterocycles. The SMILES string of the molecule is Cn1nc(-c2cc(C(F)(F)F)c(F)c(O)c2F)c2cnc(N3CCN(S(C)(=O)=O)C(c4ccccc4)C3)nc21. The molecule has 0 aliphatic carbocycles. The number of sulfonamides is 1. The summed E-state index contributed by atoms with van der Waals surface area (Å²) in [5, 5.41) is 13.9. The number of fused-ring (bicyclic) bond motifs is 1. The van der Waals surface area contributed by atoms with Crippen LogP contribution in [0.5, 0.6) is 5.75 Å². The molecule has 1 saturated heterocycles. The van der Waals surface area contributed by atoms with Crippen LogP contribution in [0.2, 0.25) is 0 Å². The van der Waals surface area contributed by atoms with Gasteiger partial charge in [-0.1, -0.05) is 30.3 Å². The van der Waals surface area contributed by atoms with Gasteiger partial charge in [-0.3, -0.25) is 0 Å². The highest BCUT2D eigenvalue weighted by Gasteiger charge is 2.38. The average molecular weight is 569 g/mol. The Morgan fingerprint density at radius 1 is 1.08 bits per heavy atom. The number of anilines is 1. The zero-order valence-corrected chi connectivity index (χ0v) is 21.3. The summed E-state index contributed by atoms with van der Waals surface area (Å²) in [6.45, 7) is 0.613.